The van der Waals surface area contributed by atoms with Gasteiger partial charge in [0.25, 0.3) is 11.8 Å². The number of carboxylic acids is 1. The lowest BCUT2D eigenvalue weighted by atomic mass is 9.68. The first-order valence-corrected chi connectivity index (χ1v) is 42.6. The number of allylic oxidation sites excluding steroid dienone is 4. The molecule has 4 heterocycles. The molecule has 2 saturated carbocycles. The number of Topliss-reactive ketones (excluding diaryl/α,β-unsaturated/α-hetero) is 1. The first kappa shape index (κ1) is 87.4. The molecule has 0 bridgehead atoms. The second-order valence-corrected chi connectivity index (χ2v) is 35.5. The molecule has 4 aliphatic carbocycles. The zero-order chi connectivity index (χ0) is 81.2. The smallest absolute Gasteiger partial charge is 0.342 e. The molecule has 2 amide bonds. The van der Waals surface area contributed by atoms with Crippen molar-refractivity contribution in [3.05, 3.63) is 189 Å². The van der Waals surface area contributed by atoms with Crippen LogP contribution < -0.4 is 33.9 Å². The molecule has 112 heavy (non-hydrogen) atoms. The fourth-order valence-electron chi connectivity index (χ4n) is 16.6. The van der Waals surface area contributed by atoms with Crippen molar-refractivity contribution in [2.75, 3.05) is 94.9 Å². The molecule has 12 atom stereocenters. The fraction of sp³-hybridized carbons (Fsp3) is 0.494. The van der Waals surface area contributed by atoms with Crippen molar-refractivity contribution in [2.45, 2.75) is 135 Å². The molecule has 27 heteroatoms. The van der Waals surface area contributed by atoms with Crippen molar-refractivity contribution in [3.8, 4) is 29.3 Å². The van der Waals surface area contributed by atoms with Gasteiger partial charge in [-0.2, -0.15) is 9.62 Å². The average Bonchev–Trinajstić information content (AvgIpc) is 1.54. The molecule has 6 aromatic rings. The van der Waals surface area contributed by atoms with E-state index in [-0.39, 0.29) is 69.3 Å². The van der Waals surface area contributed by atoms with Crippen molar-refractivity contribution in [1.82, 2.24) is 19.6 Å². The standard InChI is InChI=1S/C42H53ClN4O6S.C35H46ClN3O4S.C6H8N2O3.C2H3N/c1-7-9-11-28(3)24-54(50,25-37(48)34-23-46(4)44-41(34)52-6)45-40(49)30-14-18-39-36(21-30)47(22-31-13-16-33(31)38(8-2)51-5)26-42(27-53-39)19-10-12-29-20-32(43)15-17-35(29)42;1-5-7-9-24(3)21-44(37,41)38-34(40)26-12-16-33-31(19-26)39(20-27-11-14-29(27)32(6-2)42-4)22-35(23-43-33)17-8-10-25-18-28(36)13-15-30(25)35;1-8-3-4(6(9)10)5(7-8)11-2;1-2-3/h7-9,14-15,17-18,20-21,23,28,31,33,38H,2,10-13,16,19,22,24-27H2,1,3-6H3;5-7,12-13,15-16,18-19,24,27,29,32H,2,8-11,14,17,20-23H2,1,3-4H3,(H2,37,38,40,41);3H,1-2H3,(H,9,10);1H3/b9-7+;7-5+;;/t28-,31-,33+,38-,42-,54+;24-,27-,29+,32-,35-,44?;;/m00../s1. The number of aromatic carboxylic acids is 1. The van der Waals surface area contributed by atoms with E-state index in [9.17, 15) is 27.6 Å². The first-order valence-electron chi connectivity index (χ1n) is 38.3. The lowest BCUT2D eigenvalue weighted by Crippen LogP contribution is -2.49. The first-order chi connectivity index (χ1) is 53.5. The molecule has 1 unspecified atom stereocenters. The van der Waals surface area contributed by atoms with Gasteiger partial charge in [0.15, 0.2) is 5.78 Å². The van der Waals surface area contributed by atoms with E-state index in [1.165, 1.54) is 65.2 Å². The number of aryl methyl sites for hydroxylation is 4. The van der Waals surface area contributed by atoms with Gasteiger partial charge in [0, 0.05) is 117 Å². The van der Waals surface area contributed by atoms with E-state index >= 15 is 0 Å². The lowest BCUT2D eigenvalue weighted by molar-refractivity contribution is 0.0135. The van der Waals surface area contributed by atoms with E-state index in [0.29, 0.717) is 66.7 Å². The van der Waals surface area contributed by atoms with Gasteiger partial charge < -0.3 is 43.3 Å². The Kier molecular flexibility index (Phi) is 30.8. The topological polar surface area (TPSA) is 295 Å². The zero-order valence-corrected chi connectivity index (χ0v) is 69.6. The third-order valence-corrected chi connectivity index (χ3v) is 26.5. The third kappa shape index (κ3) is 21.4. The summed E-state index contributed by atoms with van der Waals surface area (Å²) in [6.07, 6.45) is 26.2. The largest absolute Gasteiger partial charge is 0.490 e. The number of nitrogens with zero attached hydrogens (tertiary/aromatic N) is 9. The number of aromatic nitrogens is 4. The van der Waals surface area contributed by atoms with Gasteiger partial charge in [-0.15, -0.1) is 27.7 Å². The van der Waals surface area contributed by atoms with Crippen LogP contribution in [0.15, 0.2) is 144 Å². The summed E-state index contributed by atoms with van der Waals surface area (Å²) in [5.74, 6) is 0.256. The van der Waals surface area contributed by atoms with Crippen LogP contribution >= 0.6 is 23.2 Å². The van der Waals surface area contributed by atoms with Crippen LogP contribution in [0.1, 0.15) is 163 Å². The van der Waals surface area contributed by atoms with Gasteiger partial charge in [-0.1, -0.05) is 85.6 Å². The van der Waals surface area contributed by atoms with Crippen molar-refractivity contribution < 1.29 is 61.1 Å². The Morgan fingerprint density at radius 3 is 1.53 bits per heavy atom. The van der Waals surface area contributed by atoms with Gasteiger partial charge in [-0.25, -0.2) is 18.4 Å². The van der Waals surface area contributed by atoms with E-state index in [4.69, 9.17) is 67.1 Å². The molecule has 4 aromatic carbocycles. The molecule has 2 aliphatic heterocycles. The third-order valence-electron chi connectivity index (χ3n) is 22.3. The predicted molar refractivity (Wildman–Crippen MR) is 443 cm³/mol. The SMILES string of the molecule is C=C[C@H](OC)[C@@H]1CC[C@H]1CN1C[C@@]2(CCCc3cc(Cl)ccc32)COc2ccc(C(=O)N=S(N)(=O)C[C@@H](C)C/C=C/C)cc21.C=C[C@H](OC)[C@@H]1CC[C@H]1CN1C[C@@]2(CCCc3cc(Cl)ccc32)COc2ccc(C(=O)N=[S@](=O)(CC(=O)c3cn(C)nc3OC)C[C@@H](C)C/C=C/C)cc21.CC#N.COc1nn(C)cc1C(=O)O. The number of benzene rings is 4. The number of anilines is 2. The summed E-state index contributed by atoms with van der Waals surface area (Å²) in [4.78, 5) is 56.4. The monoisotopic (exact) mass is 1610 g/mol. The summed E-state index contributed by atoms with van der Waals surface area (Å²) in [6, 6.07) is 25.0. The van der Waals surface area contributed by atoms with Gasteiger partial charge in [0.1, 0.15) is 32.5 Å². The number of carbonyl (C=O) groups is 4. The number of hydrogen-bond donors (Lipinski definition) is 2. The van der Waals surface area contributed by atoms with E-state index in [2.05, 4.69) is 66.1 Å². The second kappa shape index (κ2) is 39.4. The molecule has 0 radical (unpaired) electrons. The van der Waals surface area contributed by atoms with E-state index < -0.39 is 49.0 Å². The Balaban J connectivity index is 0.000000222. The molecular formula is C85H110Cl2N10O13S2. The number of fused-ring (bicyclic) bond motifs is 6. The summed E-state index contributed by atoms with van der Waals surface area (Å²) in [5, 5.41) is 31.4. The van der Waals surface area contributed by atoms with E-state index in [1.54, 1.807) is 46.5 Å². The number of rotatable bonds is 26. The number of ether oxygens (including phenoxy) is 6. The van der Waals surface area contributed by atoms with Crippen LogP contribution in [-0.4, -0.2) is 154 Å². The number of hydrogen-bond acceptors (Lipinski definition) is 17. The number of nitrogens with two attached hydrogens (primary N) is 1. The van der Waals surface area contributed by atoms with Crippen LogP contribution in [0, 0.1) is 46.8 Å². The Bertz CT molecular complexity index is 4740. The zero-order valence-electron chi connectivity index (χ0n) is 66.5. The molecule has 3 N–H and O–H groups in total. The summed E-state index contributed by atoms with van der Waals surface area (Å²) in [6.45, 7) is 21.2. The van der Waals surface area contributed by atoms with Crippen LogP contribution in [0.25, 0.3) is 0 Å². The van der Waals surface area contributed by atoms with Gasteiger partial charge in [0.2, 0.25) is 11.8 Å². The van der Waals surface area contributed by atoms with Crippen molar-refractivity contribution in [3.63, 3.8) is 0 Å². The number of carbonyl (C=O) groups excluding carboxylic acids is 3. The van der Waals surface area contributed by atoms with E-state index in [1.807, 2.05) is 101 Å². The highest BCUT2D eigenvalue weighted by atomic mass is 35.5. The molecule has 6 aliphatic rings. The lowest BCUT2D eigenvalue weighted by Gasteiger charge is -2.46. The highest BCUT2D eigenvalue weighted by molar-refractivity contribution is 7.94. The minimum absolute atomic E-state index is 0.00239. The fourth-order valence-corrected chi connectivity index (χ4v) is 20.7. The van der Waals surface area contributed by atoms with Crippen LogP contribution in [0.5, 0.6) is 23.3 Å². The van der Waals surface area contributed by atoms with Gasteiger partial charge in [0.05, 0.1) is 72.6 Å². The van der Waals surface area contributed by atoms with E-state index in [0.717, 1.165) is 117 Å². The van der Waals surface area contributed by atoms with Crippen LogP contribution in [0.3, 0.4) is 0 Å². The van der Waals surface area contributed by atoms with Crippen molar-refractivity contribution >= 4 is 77.8 Å². The molecule has 2 spiro atoms. The summed E-state index contributed by atoms with van der Waals surface area (Å²) >= 11 is 12.9. The average molecular weight is 1610 g/mol. The molecule has 23 nitrogen and oxygen atoms in total. The maximum Gasteiger partial charge on any atom is 0.342 e. The Morgan fingerprint density at radius 1 is 0.688 bits per heavy atom. The van der Waals surface area contributed by atoms with Crippen LogP contribution in [-0.2, 0) is 66.9 Å². The molecule has 2 fully saturated rings. The quantitative estimate of drug-likeness (QED) is 0.0377. The number of halogens is 2. The van der Waals surface area contributed by atoms with Gasteiger partial charge in [-0.3, -0.25) is 23.7 Å². The molecular weight excluding hydrogens is 1500 g/mol. The summed E-state index contributed by atoms with van der Waals surface area (Å²) in [7, 11) is 3.08. The number of amides is 2. The van der Waals surface area contributed by atoms with Crippen molar-refractivity contribution in [1.29, 1.82) is 5.26 Å². The summed E-state index contributed by atoms with van der Waals surface area (Å²) < 4.78 is 74.0. The van der Waals surface area contributed by atoms with Crippen LogP contribution in [0.2, 0.25) is 10.0 Å². The highest BCUT2D eigenvalue weighted by Gasteiger charge is 2.47. The van der Waals surface area contributed by atoms with Gasteiger partial charge in [-0.05, 0) is 209 Å². The second-order valence-electron chi connectivity index (χ2n) is 30.4. The minimum Gasteiger partial charge on any atom is -0.490 e. The Hall–Kier alpha value is -8.61. The Labute approximate surface area is 671 Å². The normalized spacial score (nSPS) is 22.1. The maximum absolute atomic E-state index is 14.7. The minimum atomic E-state index is -3.35. The molecule has 0 saturated heterocycles. The molecule has 604 valence electrons. The summed E-state index contributed by atoms with van der Waals surface area (Å²) in [5.41, 5.74) is 7.16. The number of carboxylic acid groups (broad SMARTS) is 1. The maximum atomic E-state index is 14.7. The van der Waals surface area contributed by atoms with Gasteiger partial charge >= 0.3 is 5.97 Å². The number of ketones is 1. The number of nitriles is 1. The molecule has 12 rings (SSSR count). The van der Waals surface area contributed by atoms with Crippen molar-refractivity contribution in [2.24, 2.45) is 63.5 Å². The number of methoxy groups -OCH3 is 4. The molecule has 2 aromatic heterocycles. The Morgan fingerprint density at radius 2 is 1.12 bits per heavy atom. The highest BCUT2D eigenvalue weighted by Crippen LogP contribution is 2.50. The predicted octanol–water partition coefficient (Wildman–Crippen LogP) is 15.7. The van der Waals surface area contributed by atoms with Crippen LogP contribution in [0.4, 0.5) is 11.4 Å².